The van der Waals surface area contributed by atoms with Gasteiger partial charge >= 0.3 is 5.97 Å². The molecule has 0 radical (unpaired) electrons. The van der Waals surface area contributed by atoms with Crippen molar-refractivity contribution in [1.29, 1.82) is 0 Å². The van der Waals surface area contributed by atoms with E-state index in [1.54, 1.807) is 36.4 Å². The molecule has 1 heterocycles. The molecule has 1 aliphatic heterocycles. The Morgan fingerprint density at radius 2 is 1.78 bits per heavy atom. The zero-order valence-corrected chi connectivity index (χ0v) is 16.2. The number of benzene rings is 2. The molecule has 2 aromatic rings. The predicted molar refractivity (Wildman–Crippen MR) is 105 cm³/mol. The lowest BCUT2D eigenvalue weighted by atomic mass is 10.2. The highest BCUT2D eigenvalue weighted by Crippen LogP contribution is 2.36. The van der Waals surface area contributed by atoms with Crippen LogP contribution in [0.1, 0.15) is 16.8 Å². The SMILES string of the molecule is COC(=O)c1ccccc1S[C@H]1CC(=O)N(c2ccc(N(C)C)cc2)C1=O. The van der Waals surface area contributed by atoms with Gasteiger partial charge in [0.2, 0.25) is 11.8 Å². The normalized spacial score (nSPS) is 16.6. The van der Waals surface area contributed by atoms with E-state index in [9.17, 15) is 14.4 Å². The Labute approximate surface area is 162 Å². The van der Waals surface area contributed by atoms with Crippen LogP contribution in [0.2, 0.25) is 0 Å². The average molecular weight is 384 g/mol. The maximum Gasteiger partial charge on any atom is 0.338 e. The minimum atomic E-state index is -0.572. The van der Waals surface area contributed by atoms with Crippen LogP contribution in [0.25, 0.3) is 0 Å². The first-order chi connectivity index (χ1) is 12.9. The third-order valence-corrected chi connectivity index (χ3v) is 5.55. The van der Waals surface area contributed by atoms with E-state index in [4.69, 9.17) is 4.74 Å². The molecular weight excluding hydrogens is 364 g/mol. The van der Waals surface area contributed by atoms with E-state index in [-0.39, 0.29) is 18.2 Å². The summed E-state index contributed by atoms with van der Waals surface area (Å²) >= 11 is 1.22. The van der Waals surface area contributed by atoms with Crippen molar-refractivity contribution in [3.8, 4) is 0 Å². The Balaban J connectivity index is 1.82. The van der Waals surface area contributed by atoms with Gasteiger partial charge in [0.1, 0.15) is 0 Å². The molecule has 140 valence electrons. The monoisotopic (exact) mass is 384 g/mol. The van der Waals surface area contributed by atoms with Gasteiger partial charge in [0.05, 0.1) is 23.6 Å². The summed E-state index contributed by atoms with van der Waals surface area (Å²) in [5.41, 5.74) is 1.93. The molecular formula is C20H20N2O4S. The molecule has 2 aromatic carbocycles. The number of methoxy groups -OCH3 is 1. The van der Waals surface area contributed by atoms with Crippen LogP contribution < -0.4 is 9.80 Å². The van der Waals surface area contributed by atoms with Crippen LogP contribution in [0, 0.1) is 0 Å². The van der Waals surface area contributed by atoms with Crippen LogP contribution in [0.5, 0.6) is 0 Å². The molecule has 2 amide bonds. The molecule has 1 aliphatic rings. The Morgan fingerprint density at radius 1 is 1.11 bits per heavy atom. The summed E-state index contributed by atoms with van der Waals surface area (Å²) in [7, 11) is 5.16. The van der Waals surface area contributed by atoms with Crippen LogP contribution in [0.3, 0.4) is 0 Å². The topological polar surface area (TPSA) is 66.9 Å². The van der Waals surface area contributed by atoms with Crippen molar-refractivity contribution in [2.75, 3.05) is 31.0 Å². The lowest BCUT2D eigenvalue weighted by Gasteiger charge is -2.17. The minimum absolute atomic E-state index is 0.0917. The van der Waals surface area contributed by atoms with Gasteiger partial charge in [0, 0.05) is 31.1 Å². The zero-order valence-electron chi connectivity index (χ0n) is 15.3. The van der Waals surface area contributed by atoms with E-state index < -0.39 is 11.2 Å². The number of nitrogens with zero attached hydrogens (tertiary/aromatic N) is 2. The smallest absolute Gasteiger partial charge is 0.338 e. The number of hydrogen-bond acceptors (Lipinski definition) is 6. The molecule has 7 heteroatoms. The van der Waals surface area contributed by atoms with Crippen molar-refractivity contribution in [3.63, 3.8) is 0 Å². The highest BCUT2D eigenvalue weighted by molar-refractivity contribution is 8.00. The van der Waals surface area contributed by atoms with Crippen LogP contribution in [-0.2, 0) is 14.3 Å². The molecule has 1 fully saturated rings. The van der Waals surface area contributed by atoms with E-state index >= 15 is 0 Å². The van der Waals surface area contributed by atoms with E-state index in [1.165, 1.54) is 23.8 Å². The van der Waals surface area contributed by atoms with Crippen molar-refractivity contribution in [3.05, 3.63) is 54.1 Å². The summed E-state index contributed by atoms with van der Waals surface area (Å²) in [6.07, 6.45) is 0.0917. The van der Waals surface area contributed by atoms with Gasteiger partial charge in [-0.25, -0.2) is 9.69 Å². The largest absolute Gasteiger partial charge is 0.465 e. The van der Waals surface area contributed by atoms with Crippen LogP contribution in [0.4, 0.5) is 11.4 Å². The Morgan fingerprint density at radius 3 is 2.41 bits per heavy atom. The fourth-order valence-electron chi connectivity index (χ4n) is 2.87. The summed E-state index contributed by atoms with van der Waals surface area (Å²) in [5, 5.41) is -0.572. The summed E-state index contributed by atoms with van der Waals surface area (Å²) < 4.78 is 4.79. The number of anilines is 2. The molecule has 0 unspecified atom stereocenters. The van der Waals surface area contributed by atoms with E-state index in [2.05, 4.69) is 0 Å². The van der Waals surface area contributed by atoms with Gasteiger partial charge in [0.15, 0.2) is 0 Å². The lowest BCUT2D eigenvalue weighted by molar-refractivity contribution is -0.121. The van der Waals surface area contributed by atoms with Gasteiger partial charge in [-0.05, 0) is 36.4 Å². The fraction of sp³-hybridized carbons (Fsp3) is 0.250. The first-order valence-electron chi connectivity index (χ1n) is 8.40. The number of carbonyl (C=O) groups is 3. The van der Waals surface area contributed by atoms with Crippen LogP contribution in [-0.4, -0.2) is 44.2 Å². The third kappa shape index (κ3) is 3.83. The van der Waals surface area contributed by atoms with Crippen molar-refractivity contribution in [2.45, 2.75) is 16.6 Å². The number of imide groups is 1. The van der Waals surface area contributed by atoms with E-state index in [0.717, 1.165) is 5.69 Å². The molecule has 6 nitrogen and oxygen atoms in total. The van der Waals surface area contributed by atoms with Crippen molar-refractivity contribution < 1.29 is 19.1 Å². The summed E-state index contributed by atoms with van der Waals surface area (Å²) in [6.45, 7) is 0. The van der Waals surface area contributed by atoms with Gasteiger partial charge in [-0.15, -0.1) is 11.8 Å². The minimum Gasteiger partial charge on any atom is -0.465 e. The molecule has 0 saturated carbocycles. The fourth-order valence-corrected chi connectivity index (χ4v) is 4.04. The molecule has 27 heavy (non-hydrogen) atoms. The maximum atomic E-state index is 12.8. The number of hydrogen-bond donors (Lipinski definition) is 0. The first-order valence-corrected chi connectivity index (χ1v) is 9.28. The second-order valence-electron chi connectivity index (χ2n) is 6.28. The second-order valence-corrected chi connectivity index (χ2v) is 7.52. The Hall–Kier alpha value is -2.80. The highest BCUT2D eigenvalue weighted by atomic mass is 32.2. The number of ether oxygens (including phenoxy) is 1. The summed E-state index contributed by atoms with van der Waals surface area (Å²) in [6, 6.07) is 14.2. The molecule has 0 bridgehead atoms. The van der Waals surface area contributed by atoms with Gasteiger partial charge in [-0.2, -0.15) is 0 Å². The number of thioether (sulfide) groups is 1. The third-order valence-electron chi connectivity index (χ3n) is 4.29. The lowest BCUT2D eigenvalue weighted by Crippen LogP contribution is -2.31. The maximum absolute atomic E-state index is 12.8. The summed E-state index contributed by atoms with van der Waals surface area (Å²) in [5.74, 6) is -0.987. The van der Waals surface area contributed by atoms with Gasteiger partial charge in [-0.1, -0.05) is 12.1 Å². The van der Waals surface area contributed by atoms with E-state index in [0.29, 0.717) is 16.1 Å². The Bertz CT molecular complexity index is 880. The standard InChI is InChI=1S/C20H20N2O4S/c1-21(2)13-8-10-14(11-9-13)22-18(23)12-17(19(22)24)27-16-7-5-4-6-15(16)20(25)26-3/h4-11,17H,12H2,1-3H3/t17-/m0/s1. The molecule has 0 aliphatic carbocycles. The predicted octanol–water partition coefficient (Wildman–Crippen LogP) is 2.96. The Kier molecular flexibility index (Phi) is 5.51. The van der Waals surface area contributed by atoms with Gasteiger partial charge in [0.25, 0.3) is 0 Å². The van der Waals surface area contributed by atoms with E-state index in [1.807, 2.05) is 31.1 Å². The molecule has 0 N–H and O–H groups in total. The molecule has 1 saturated heterocycles. The molecule has 1 atom stereocenters. The second kappa shape index (κ2) is 7.84. The van der Waals surface area contributed by atoms with Crippen LogP contribution >= 0.6 is 11.8 Å². The molecule has 0 aromatic heterocycles. The van der Waals surface area contributed by atoms with Gasteiger partial charge in [-0.3, -0.25) is 9.59 Å². The number of carbonyl (C=O) groups excluding carboxylic acids is 3. The average Bonchev–Trinajstić information content (AvgIpc) is 2.95. The summed E-state index contributed by atoms with van der Waals surface area (Å²) in [4.78, 5) is 41.0. The number of rotatable bonds is 5. The number of amides is 2. The quantitative estimate of drug-likeness (QED) is 0.583. The van der Waals surface area contributed by atoms with Crippen LogP contribution in [0.15, 0.2) is 53.4 Å². The van der Waals surface area contributed by atoms with Crippen molar-refractivity contribution >= 4 is 40.9 Å². The first kappa shape index (κ1) is 19.0. The molecule has 0 spiro atoms. The van der Waals surface area contributed by atoms with Gasteiger partial charge < -0.3 is 9.64 Å². The van der Waals surface area contributed by atoms with Crippen molar-refractivity contribution in [1.82, 2.24) is 0 Å². The zero-order chi connectivity index (χ0) is 19.6. The molecule has 3 rings (SSSR count). The number of esters is 1. The highest BCUT2D eigenvalue weighted by Gasteiger charge is 2.40. The van der Waals surface area contributed by atoms with Crippen molar-refractivity contribution in [2.24, 2.45) is 0 Å².